The van der Waals surface area contributed by atoms with E-state index in [1.165, 1.54) is 0 Å². The summed E-state index contributed by atoms with van der Waals surface area (Å²) >= 11 is 0. The van der Waals surface area contributed by atoms with Crippen LogP contribution in [0.2, 0.25) is 0 Å². The van der Waals surface area contributed by atoms with Crippen LogP contribution in [0.4, 0.5) is 0 Å². The highest BCUT2D eigenvalue weighted by atomic mass is 16.8. The smallest absolute Gasteiger partial charge is 0.164 e. The Kier molecular flexibility index (Phi) is 6.70. The van der Waals surface area contributed by atoms with E-state index in [4.69, 9.17) is 28.4 Å². The van der Waals surface area contributed by atoms with E-state index in [0.717, 1.165) is 11.3 Å². The third kappa shape index (κ3) is 5.80. The van der Waals surface area contributed by atoms with Crippen molar-refractivity contribution in [3.63, 3.8) is 0 Å². The van der Waals surface area contributed by atoms with Crippen LogP contribution >= 0.6 is 0 Å². The molecule has 162 valence electrons. The van der Waals surface area contributed by atoms with Crippen LogP contribution in [0.3, 0.4) is 0 Å². The average molecular weight is 407 g/mol. The van der Waals surface area contributed by atoms with E-state index < -0.39 is 17.2 Å². The molecule has 0 radical (unpaired) electrons. The summed E-state index contributed by atoms with van der Waals surface area (Å²) in [5.74, 6) is -0.229. The highest BCUT2D eigenvalue weighted by Crippen LogP contribution is 2.41. The zero-order valence-corrected chi connectivity index (χ0v) is 18.4. The minimum Gasteiger partial charge on any atom is -0.497 e. The van der Waals surface area contributed by atoms with Gasteiger partial charge in [-0.15, -0.1) is 0 Å². The van der Waals surface area contributed by atoms with E-state index in [0.29, 0.717) is 26.4 Å². The third-order valence-corrected chi connectivity index (χ3v) is 5.13. The van der Waals surface area contributed by atoms with Crippen LogP contribution < -0.4 is 4.74 Å². The molecule has 0 bridgehead atoms. The molecule has 2 saturated heterocycles. The van der Waals surface area contributed by atoms with Crippen molar-refractivity contribution in [2.45, 2.75) is 64.5 Å². The van der Waals surface area contributed by atoms with Crippen LogP contribution in [0.15, 0.2) is 36.4 Å². The molecule has 3 rings (SSSR count). The first-order chi connectivity index (χ1) is 13.6. The van der Waals surface area contributed by atoms with Gasteiger partial charge < -0.3 is 28.4 Å². The van der Waals surface area contributed by atoms with Crippen molar-refractivity contribution in [3.05, 3.63) is 42.0 Å². The molecule has 2 fully saturated rings. The van der Waals surface area contributed by atoms with E-state index in [1.54, 1.807) is 7.11 Å². The molecular formula is C23H34O6. The SMILES string of the molecule is COc1ccc(COC[C@H](C)/C=C/[C@H]2OC(C)(C)OC[C@@]23COC(C)(C)O3)cc1. The van der Waals surface area contributed by atoms with Gasteiger partial charge in [0.05, 0.1) is 33.5 Å². The normalized spacial score (nSPS) is 29.4. The lowest BCUT2D eigenvalue weighted by Crippen LogP contribution is -2.59. The van der Waals surface area contributed by atoms with Gasteiger partial charge in [0, 0.05) is 0 Å². The molecule has 3 atom stereocenters. The Labute approximate surface area is 174 Å². The number of rotatable bonds is 7. The van der Waals surface area contributed by atoms with Crippen LogP contribution in [0.1, 0.15) is 40.2 Å². The highest BCUT2D eigenvalue weighted by molar-refractivity contribution is 5.26. The molecule has 0 amide bonds. The molecule has 1 spiro atoms. The van der Waals surface area contributed by atoms with Gasteiger partial charge in [-0.05, 0) is 51.3 Å². The molecule has 2 heterocycles. The summed E-state index contributed by atoms with van der Waals surface area (Å²) in [6, 6.07) is 7.91. The molecule has 6 heteroatoms. The largest absolute Gasteiger partial charge is 0.497 e. The lowest BCUT2D eigenvalue weighted by atomic mass is 9.95. The summed E-state index contributed by atoms with van der Waals surface area (Å²) in [6.07, 6.45) is 3.93. The van der Waals surface area contributed by atoms with E-state index in [1.807, 2.05) is 52.0 Å². The fourth-order valence-corrected chi connectivity index (χ4v) is 3.53. The highest BCUT2D eigenvalue weighted by Gasteiger charge is 2.55. The topological polar surface area (TPSA) is 55.4 Å². The van der Waals surface area contributed by atoms with Gasteiger partial charge in [-0.3, -0.25) is 0 Å². The van der Waals surface area contributed by atoms with Crippen molar-refractivity contribution < 1.29 is 28.4 Å². The van der Waals surface area contributed by atoms with E-state index in [-0.39, 0.29) is 12.0 Å². The summed E-state index contributed by atoms with van der Waals surface area (Å²) in [6.45, 7) is 11.8. The number of methoxy groups -OCH3 is 1. The summed E-state index contributed by atoms with van der Waals surface area (Å²) in [7, 11) is 1.66. The lowest BCUT2D eigenvalue weighted by Gasteiger charge is -2.45. The molecule has 0 aromatic heterocycles. The number of benzene rings is 1. The second-order valence-electron chi connectivity index (χ2n) is 8.81. The van der Waals surface area contributed by atoms with E-state index in [9.17, 15) is 0 Å². The molecule has 0 saturated carbocycles. The van der Waals surface area contributed by atoms with Crippen LogP contribution in [0.5, 0.6) is 5.75 Å². The molecule has 29 heavy (non-hydrogen) atoms. The van der Waals surface area contributed by atoms with Gasteiger partial charge in [0.1, 0.15) is 17.5 Å². The van der Waals surface area contributed by atoms with Crippen molar-refractivity contribution in [2.24, 2.45) is 5.92 Å². The minimum absolute atomic E-state index is 0.232. The molecule has 0 N–H and O–H groups in total. The van der Waals surface area contributed by atoms with Crippen LogP contribution in [0.25, 0.3) is 0 Å². The first-order valence-corrected chi connectivity index (χ1v) is 10.2. The van der Waals surface area contributed by atoms with Crippen molar-refractivity contribution in [1.82, 2.24) is 0 Å². The minimum atomic E-state index is -0.662. The van der Waals surface area contributed by atoms with Crippen molar-refractivity contribution in [3.8, 4) is 5.75 Å². The first-order valence-electron chi connectivity index (χ1n) is 10.2. The standard InChI is InChI=1S/C23H34O6/c1-17(13-25-14-18-8-10-19(24-6)11-9-18)7-12-20-23(15-26-21(2,3)28-20)16-27-22(4,5)29-23/h7-12,17,20H,13-16H2,1-6H3/b12-7+/t17-,20-,23-/m1/s1. The number of hydrogen-bond acceptors (Lipinski definition) is 6. The molecule has 1 aromatic rings. The molecule has 1 aromatic carbocycles. The summed E-state index contributed by atoms with van der Waals surface area (Å²) in [5.41, 5.74) is 0.494. The van der Waals surface area contributed by atoms with Gasteiger partial charge in [-0.1, -0.05) is 31.2 Å². The Morgan fingerprint density at radius 2 is 1.72 bits per heavy atom. The summed E-state index contributed by atoms with van der Waals surface area (Å²) in [5, 5.41) is 0. The van der Waals surface area contributed by atoms with Crippen LogP contribution in [-0.2, 0) is 30.3 Å². The van der Waals surface area contributed by atoms with Gasteiger partial charge >= 0.3 is 0 Å². The van der Waals surface area contributed by atoms with Crippen molar-refractivity contribution in [1.29, 1.82) is 0 Å². The maximum atomic E-state index is 6.21. The monoisotopic (exact) mass is 406 g/mol. The summed E-state index contributed by atoms with van der Waals surface area (Å²) < 4.78 is 35.1. The Morgan fingerprint density at radius 1 is 1.07 bits per heavy atom. The lowest BCUT2D eigenvalue weighted by molar-refractivity contribution is -0.331. The Bertz CT molecular complexity index is 696. The van der Waals surface area contributed by atoms with Gasteiger partial charge in [0.15, 0.2) is 11.6 Å². The molecule has 2 aliphatic heterocycles. The summed E-state index contributed by atoms with van der Waals surface area (Å²) in [4.78, 5) is 0. The molecular weight excluding hydrogens is 372 g/mol. The third-order valence-electron chi connectivity index (χ3n) is 5.13. The Hall–Kier alpha value is -1.44. The van der Waals surface area contributed by atoms with Gasteiger partial charge in [-0.2, -0.15) is 0 Å². The Morgan fingerprint density at radius 3 is 2.34 bits per heavy atom. The fraction of sp³-hybridized carbons (Fsp3) is 0.652. The zero-order chi connectivity index (χ0) is 21.1. The zero-order valence-electron chi connectivity index (χ0n) is 18.4. The van der Waals surface area contributed by atoms with Crippen molar-refractivity contribution in [2.75, 3.05) is 26.9 Å². The van der Waals surface area contributed by atoms with E-state index in [2.05, 4.69) is 19.1 Å². The molecule has 6 nitrogen and oxygen atoms in total. The maximum Gasteiger partial charge on any atom is 0.164 e. The van der Waals surface area contributed by atoms with Crippen LogP contribution in [0, 0.1) is 5.92 Å². The van der Waals surface area contributed by atoms with Crippen molar-refractivity contribution >= 4 is 0 Å². The second kappa shape index (κ2) is 8.74. The van der Waals surface area contributed by atoms with E-state index >= 15 is 0 Å². The maximum absolute atomic E-state index is 6.21. The number of ether oxygens (including phenoxy) is 6. The first kappa shape index (κ1) is 22.2. The van der Waals surface area contributed by atoms with Gasteiger partial charge in [0.25, 0.3) is 0 Å². The van der Waals surface area contributed by atoms with Gasteiger partial charge in [0.2, 0.25) is 0 Å². The predicted octanol–water partition coefficient (Wildman–Crippen LogP) is 4.08. The van der Waals surface area contributed by atoms with Crippen LogP contribution in [-0.4, -0.2) is 50.2 Å². The average Bonchev–Trinajstić information content (AvgIpc) is 2.99. The second-order valence-corrected chi connectivity index (χ2v) is 8.81. The predicted molar refractivity (Wildman–Crippen MR) is 110 cm³/mol. The Balaban J connectivity index is 1.55. The molecule has 0 aliphatic carbocycles. The quantitative estimate of drug-likeness (QED) is 0.636. The fourth-order valence-electron chi connectivity index (χ4n) is 3.53. The number of hydrogen-bond donors (Lipinski definition) is 0. The molecule has 0 unspecified atom stereocenters. The molecule has 2 aliphatic rings. The van der Waals surface area contributed by atoms with Gasteiger partial charge in [-0.25, -0.2) is 0 Å².